The largest absolute Gasteiger partial charge is 0.350 e. The van der Waals surface area contributed by atoms with Gasteiger partial charge in [-0.2, -0.15) is 0 Å². The fourth-order valence-electron chi connectivity index (χ4n) is 1.84. The van der Waals surface area contributed by atoms with Gasteiger partial charge in [0.15, 0.2) is 0 Å². The Morgan fingerprint density at radius 3 is 2.45 bits per heavy atom. The molecule has 0 aliphatic carbocycles. The highest BCUT2D eigenvalue weighted by molar-refractivity contribution is 9.13. The van der Waals surface area contributed by atoms with Crippen molar-refractivity contribution in [2.24, 2.45) is 0 Å². The molecule has 2 rings (SSSR count). The molecule has 1 aromatic heterocycles. The lowest BCUT2D eigenvalue weighted by atomic mass is 9.84. The Balaban J connectivity index is 2.03. The molecule has 1 amide bonds. The monoisotopic (exact) mass is 415 g/mol. The Morgan fingerprint density at radius 1 is 1.25 bits per heavy atom. The molecule has 0 spiro atoms. The lowest BCUT2D eigenvalue weighted by Crippen LogP contribution is -2.36. The molecule has 0 unspecified atom stereocenters. The van der Waals surface area contributed by atoms with Crippen LogP contribution in [0.1, 0.15) is 29.1 Å². The van der Waals surface area contributed by atoms with Crippen LogP contribution < -0.4 is 5.32 Å². The lowest BCUT2D eigenvalue weighted by Gasteiger charge is -2.25. The van der Waals surface area contributed by atoms with Gasteiger partial charge in [-0.1, -0.05) is 44.2 Å². The van der Waals surface area contributed by atoms with E-state index < -0.39 is 0 Å². The quantitative estimate of drug-likeness (QED) is 0.747. The van der Waals surface area contributed by atoms with E-state index in [1.54, 1.807) is 0 Å². The number of halogens is 2. The lowest BCUT2D eigenvalue weighted by molar-refractivity contribution is 0.0949. The van der Waals surface area contributed by atoms with E-state index in [-0.39, 0.29) is 11.3 Å². The van der Waals surface area contributed by atoms with E-state index in [0.717, 1.165) is 8.26 Å². The van der Waals surface area contributed by atoms with Crippen LogP contribution >= 0.6 is 43.2 Å². The molecule has 5 heteroatoms. The summed E-state index contributed by atoms with van der Waals surface area (Å²) in [6, 6.07) is 12.0. The van der Waals surface area contributed by atoms with E-state index in [4.69, 9.17) is 0 Å². The maximum Gasteiger partial charge on any atom is 0.261 e. The fraction of sp³-hybridized carbons (Fsp3) is 0.267. The highest BCUT2D eigenvalue weighted by atomic mass is 79.9. The summed E-state index contributed by atoms with van der Waals surface area (Å²) in [7, 11) is 0. The second-order valence-electron chi connectivity index (χ2n) is 5.16. The molecule has 0 aliphatic rings. The summed E-state index contributed by atoms with van der Waals surface area (Å²) in [6.07, 6.45) is 0. The van der Waals surface area contributed by atoms with Crippen LogP contribution in [-0.2, 0) is 5.41 Å². The molecule has 0 saturated heterocycles. The molecule has 0 aliphatic heterocycles. The predicted molar refractivity (Wildman–Crippen MR) is 91.5 cm³/mol. The van der Waals surface area contributed by atoms with Crippen molar-refractivity contribution >= 4 is 49.1 Å². The first-order chi connectivity index (χ1) is 9.40. The smallest absolute Gasteiger partial charge is 0.261 e. The Bertz CT molecular complexity index is 588. The molecule has 0 fully saturated rings. The Labute approximate surface area is 139 Å². The van der Waals surface area contributed by atoms with E-state index >= 15 is 0 Å². The van der Waals surface area contributed by atoms with Gasteiger partial charge < -0.3 is 5.32 Å². The zero-order valence-electron chi connectivity index (χ0n) is 11.2. The molecule has 0 saturated carbocycles. The average molecular weight is 417 g/mol. The van der Waals surface area contributed by atoms with E-state index in [1.807, 2.05) is 24.3 Å². The molecule has 1 heterocycles. The van der Waals surface area contributed by atoms with Crippen LogP contribution in [0.3, 0.4) is 0 Å². The number of rotatable bonds is 4. The summed E-state index contributed by atoms with van der Waals surface area (Å²) in [4.78, 5) is 12.8. The van der Waals surface area contributed by atoms with Crippen LogP contribution in [0.4, 0.5) is 0 Å². The van der Waals surface area contributed by atoms with Crippen molar-refractivity contribution in [3.05, 3.63) is 55.1 Å². The van der Waals surface area contributed by atoms with Gasteiger partial charge >= 0.3 is 0 Å². The highest BCUT2D eigenvalue weighted by Gasteiger charge is 2.22. The third kappa shape index (κ3) is 3.71. The summed E-state index contributed by atoms with van der Waals surface area (Å²) in [5, 5.41) is 3.01. The minimum Gasteiger partial charge on any atom is -0.350 e. The SMILES string of the molecule is CC(C)(CNC(=O)c1cc(Br)c(Br)s1)c1ccccc1. The van der Waals surface area contributed by atoms with Crippen molar-refractivity contribution in [1.82, 2.24) is 5.32 Å². The van der Waals surface area contributed by atoms with Crippen molar-refractivity contribution in [2.75, 3.05) is 6.54 Å². The van der Waals surface area contributed by atoms with E-state index in [0.29, 0.717) is 11.4 Å². The van der Waals surface area contributed by atoms with Crippen LogP contribution in [0.5, 0.6) is 0 Å². The summed E-state index contributed by atoms with van der Waals surface area (Å²) in [6.45, 7) is 4.86. The Hall–Kier alpha value is -0.650. The van der Waals surface area contributed by atoms with Gasteiger partial charge in [0.1, 0.15) is 0 Å². The molecule has 2 aromatic rings. The van der Waals surface area contributed by atoms with E-state index in [9.17, 15) is 4.79 Å². The molecule has 2 nitrogen and oxygen atoms in total. The summed E-state index contributed by atoms with van der Waals surface area (Å²) in [5.74, 6) is -0.0367. The molecule has 106 valence electrons. The minimum absolute atomic E-state index is 0.0367. The Kier molecular flexibility index (Phi) is 5.04. The topological polar surface area (TPSA) is 29.1 Å². The molecule has 0 radical (unpaired) electrons. The molecule has 20 heavy (non-hydrogen) atoms. The van der Waals surface area contributed by atoms with Crippen LogP contribution in [0.2, 0.25) is 0 Å². The summed E-state index contributed by atoms with van der Waals surface area (Å²) < 4.78 is 1.85. The zero-order chi connectivity index (χ0) is 14.8. The molecule has 0 atom stereocenters. The number of hydrogen-bond donors (Lipinski definition) is 1. The van der Waals surface area contributed by atoms with Gasteiger partial charge in [0, 0.05) is 16.4 Å². The zero-order valence-corrected chi connectivity index (χ0v) is 15.2. The molecule has 0 bridgehead atoms. The number of amides is 1. The highest BCUT2D eigenvalue weighted by Crippen LogP contribution is 2.32. The number of carbonyl (C=O) groups is 1. The normalized spacial score (nSPS) is 11.4. The molecule has 1 aromatic carbocycles. The van der Waals surface area contributed by atoms with E-state index in [1.165, 1.54) is 16.9 Å². The summed E-state index contributed by atoms with van der Waals surface area (Å²) >= 11 is 8.23. The van der Waals surface area contributed by atoms with Crippen molar-refractivity contribution in [3.63, 3.8) is 0 Å². The van der Waals surface area contributed by atoms with Gasteiger partial charge in [0.25, 0.3) is 5.91 Å². The van der Waals surface area contributed by atoms with Gasteiger partial charge in [-0.25, -0.2) is 0 Å². The second-order valence-corrected chi connectivity index (χ2v) is 8.39. The fourth-order valence-corrected chi connectivity index (χ4v) is 3.79. The van der Waals surface area contributed by atoms with Crippen molar-refractivity contribution in [3.8, 4) is 0 Å². The van der Waals surface area contributed by atoms with Crippen molar-refractivity contribution < 1.29 is 4.79 Å². The molecular weight excluding hydrogens is 402 g/mol. The number of hydrogen-bond acceptors (Lipinski definition) is 2. The second kappa shape index (κ2) is 6.41. The maximum absolute atomic E-state index is 12.1. The van der Waals surface area contributed by atoms with Gasteiger partial charge in [0.2, 0.25) is 0 Å². The summed E-state index contributed by atoms with van der Waals surface area (Å²) in [5.41, 5.74) is 1.12. The number of benzene rings is 1. The van der Waals surface area contributed by atoms with Crippen molar-refractivity contribution in [1.29, 1.82) is 0 Å². The van der Waals surface area contributed by atoms with Gasteiger partial charge in [-0.15, -0.1) is 11.3 Å². The standard InChI is InChI=1S/C15H15Br2NOS/c1-15(2,10-6-4-3-5-7-10)9-18-14(19)12-8-11(16)13(17)20-12/h3-8H,9H2,1-2H3,(H,18,19). The van der Waals surface area contributed by atoms with Gasteiger partial charge in [0.05, 0.1) is 8.66 Å². The van der Waals surface area contributed by atoms with Gasteiger partial charge in [-0.05, 0) is 43.5 Å². The predicted octanol–water partition coefficient (Wildman–Crippen LogP) is 4.98. The maximum atomic E-state index is 12.1. The third-order valence-electron chi connectivity index (χ3n) is 3.12. The first-order valence-corrected chi connectivity index (χ1v) is 8.59. The van der Waals surface area contributed by atoms with Crippen LogP contribution in [0.15, 0.2) is 44.7 Å². The van der Waals surface area contributed by atoms with Crippen LogP contribution in [0, 0.1) is 0 Å². The molecule has 1 N–H and O–H groups in total. The third-order valence-corrected chi connectivity index (χ3v) is 6.37. The number of nitrogens with one attached hydrogen (secondary N) is 1. The van der Waals surface area contributed by atoms with Crippen molar-refractivity contribution in [2.45, 2.75) is 19.3 Å². The number of thiophene rings is 1. The first kappa shape index (κ1) is 15.7. The number of carbonyl (C=O) groups excluding carboxylic acids is 1. The van der Waals surface area contributed by atoms with Gasteiger partial charge in [-0.3, -0.25) is 4.79 Å². The van der Waals surface area contributed by atoms with E-state index in [2.05, 4.69) is 63.2 Å². The Morgan fingerprint density at radius 2 is 1.90 bits per heavy atom. The molecular formula is C15H15Br2NOS. The average Bonchev–Trinajstić information content (AvgIpc) is 2.77. The minimum atomic E-state index is -0.0946. The van der Waals surface area contributed by atoms with Crippen LogP contribution in [0.25, 0.3) is 0 Å². The first-order valence-electron chi connectivity index (χ1n) is 6.19. The van der Waals surface area contributed by atoms with Crippen LogP contribution in [-0.4, -0.2) is 12.5 Å².